The first-order valence-corrected chi connectivity index (χ1v) is 8.90. The molecule has 0 unspecified atom stereocenters. The molecule has 4 rings (SSSR count). The van der Waals surface area contributed by atoms with Crippen molar-refractivity contribution < 1.29 is 17.9 Å². The molecule has 1 N–H and O–H groups in total. The van der Waals surface area contributed by atoms with Crippen LogP contribution in [0.5, 0.6) is 0 Å². The third kappa shape index (κ3) is 3.96. The number of rotatable bonds is 6. The largest absolute Gasteiger partial charge is 0.373 e. The highest BCUT2D eigenvalue weighted by Crippen LogP contribution is 2.27. The standard InChI is InChI=1S/C21H19F3N2O/c22-15-3-1-14(21(24)7-15)12-27-17-8-16(9-17)26-11-19-18-5-6-25-10-13(18)2-4-20(19)23/h1-7,10,16-17,26H,8-9,11-12H2. The SMILES string of the molecule is Fc1ccc(COC2CC(NCc3c(F)ccc4cnccc34)C2)c(F)c1. The van der Waals surface area contributed by atoms with E-state index in [1.54, 1.807) is 18.5 Å². The van der Waals surface area contributed by atoms with Gasteiger partial charge in [-0.25, -0.2) is 13.2 Å². The number of ether oxygens (including phenoxy) is 1. The molecule has 27 heavy (non-hydrogen) atoms. The van der Waals surface area contributed by atoms with Crippen LogP contribution < -0.4 is 5.32 Å². The number of pyridine rings is 1. The first-order valence-electron chi connectivity index (χ1n) is 8.90. The molecular formula is C21H19F3N2O. The summed E-state index contributed by atoms with van der Waals surface area (Å²) in [6.07, 6.45) is 4.95. The molecule has 0 spiro atoms. The van der Waals surface area contributed by atoms with Gasteiger partial charge in [0.05, 0.1) is 12.7 Å². The van der Waals surface area contributed by atoms with Crippen LogP contribution in [0, 0.1) is 17.5 Å². The number of fused-ring (bicyclic) bond motifs is 1. The van der Waals surface area contributed by atoms with Crippen LogP contribution in [-0.4, -0.2) is 17.1 Å². The van der Waals surface area contributed by atoms with Gasteiger partial charge in [0.1, 0.15) is 17.5 Å². The third-order valence-corrected chi connectivity index (χ3v) is 5.03. The number of aromatic nitrogens is 1. The van der Waals surface area contributed by atoms with E-state index < -0.39 is 11.6 Å². The highest BCUT2D eigenvalue weighted by atomic mass is 19.1. The van der Waals surface area contributed by atoms with Crippen LogP contribution in [0.4, 0.5) is 13.2 Å². The molecule has 1 heterocycles. The zero-order valence-electron chi connectivity index (χ0n) is 14.6. The van der Waals surface area contributed by atoms with Gasteiger partial charge in [0.2, 0.25) is 0 Å². The predicted octanol–water partition coefficient (Wildman–Crippen LogP) is 4.49. The molecule has 3 nitrogen and oxygen atoms in total. The van der Waals surface area contributed by atoms with Crippen LogP contribution >= 0.6 is 0 Å². The van der Waals surface area contributed by atoms with Crippen LogP contribution in [0.3, 0.4) is 0 Å². The Hall–Kier alpha value is -2.44. The van der Waals surface area contributed by atoms with Crippen molar-refractivity contribution in [2.45, 2.75) is 38.1 Å². The highest BCUT2D eigenvalue weighted by molar-refractivity contribution is 5.84. The van der Waals surface area contributed by atoms with Crippen molar-refractivity contribution in [1.82, 2.24) is 10.3 Å². The summed E-state index contributed by atoms with van der Waals surface area (Å²) in [5.41, 5.74) is 0.979. The summed E-state index contributed by atoms with van der Waals surface area (Å²) in [5, 5.41) is 5.12. The van der Waals surface area contributed by atoms with E-state index in [1.807, 2.05) is 6.07 Å². The second-order valence-electron chi connectivity index (χ2n) is 6.84. The zero-order chi connectivity index (χ0) is 18.8. The van der Waals surface area contributed by atoms with Crippen molar-refractivity contribution in [2.24, 2.45) is 0 Å². The molecule has 140 valence electrons. The van der Waals surface area contributed by atoms with Gasteiger partial charge >= 0.3 is 0 Å². The van der Waals surface area contributed by atoms with Crippen molar-refractivity contribution >= 4 is 10.8 Å². The Morgan fingerprint density at radius 1 is 1.04 bits per heavy atom. The molecule has 0 radical (unpaired) electrons. The Morgan fingerprint density at radius 2 is 1.89 bits per heavy atom. The normalized spacial score (nSPS) is 19.2. The van der Waals surface area contributed by atoms with E-state index in [9.17, 15) is 13.2 Å². The van der Waals surface area contributed by atoms with Crippen molar-refractivity contribution in [3.63, 3.8) is 0 Å². The first kappa shape index (κ1) is 17.9. The maximum absolute atomic E-state index is 14.2. The van der Waals surface area contributed by atoms with Gasteiger partial charge in [0.15, 0.2) is 0 Å². The molecule has 2 aromatic carbocycles. The van der Waals surface area contributed by atoms with Gasteiger partial charge in [0.25, 0.3) is 0 Å². The number of halogens is 3. The lowest BCUT2D eigenvalue weighted by atomic mass is 9.89. The lowest BCUT2D eigenvalue weighted by molar-refractivity contribution is -0.0278. The molecule has 0 amide bonds. The average molecular weight is 372 g/mol. The summed E-state index contributed by atoms with van der Waals surface area (Å²) in [7, 11) is 0. The third-order valence-electron chi connectivity index (χ3n) is 5.03. The van der Waals surface area contributed by atoms with Gasteiger partial charge in [-0.3, -0.25) is 4.98 Å². The fourth-order valence-corrected chi connectivity index (χ4v) is 3.35. The molecule has 1 aliphatic carbocycles. The van der Waals surface area contributed by atoms with Gasteiger partial charge in [-0.15, -0.1) is 0 Å². The minimum absolute atomic E-state index is 0.0218. The topological polar surface area (TPSA) is 34.1 Å². The molecule has 0 aliphatic heterocycles. The van der Waals surface area contributed by atoms with E-state index in [2.05, 4.69) is 10.3 Å². The molecule has 1 aliphatic rings. The van der Waals surface area contributed by atoms with E-state index >= 15 is 0 Å². The summed E-state index contributed by atoms with van der Waals surface area (Å²) >= 11 is 0. The summed E-state index contributed by atoms with van der Waals surface area (Å²) in [6.45, 7) is 0.547. The van der Waals surface area contributed by atoms with Crippen molar-refractivity contribution in [1.29, 1.82) is 0 Å². The second kappa shape index (κ2) is 7.66. The molecule has 6 heteroatoms. The van der Waals surface area contributed by atoms with E-state index in [0.717, 1.165) is 29.7 Å². The Bertz CT molecular complexity index is 957. The van der Waals surface area contributed by atoms with Crippen LogP contribution in [0.2, 0.25) is 0 Å². The summed E-state index contributed by atoms with van der Waals surface area (Å²) < 4.78 is 46.4. The average Bonchev–Trinajstić information content (AvgIpc) is 2.63. The van der Waals surface area contributed by atoms with Crippen molar-refractivity contribution in [3.8, 4) is 0 Å². The van der Waals surface area contributed by atoms with Crippen molar-refractivity contribution in [2.75, 3.05) is 0 Å². The molecule has 1 fully saturated rings. The summed E-state index contributed by atoms with van der Waals surface area (Å²) in [6, 6.07) is 8.72. The number of nitrogens with zero attached hydrogens (tertiary/aromatic N) is 1. The van der Waals surface area contributed by atoms with Crippen LogP contribution in [0.25, 0.3) is 10.8 Å². The smallest absolute Gasteiger partial charge is 0.131 e. The maximum Gasteiger partial charge on any atom is 0.131 e. The lowest BCUT2D eigenvalue weighted by Crippen LogP contribution is -2.45. The fraction of sp³-hybridized carbons (Fsp3) is 0.286. The Balaban J connectivity index is 1.28. The van der Waals surface area contributed by atoms with Gasteiger partial charge < -0.3 is 10.1 Å². The fourth-order valence-electron chi connectivity index (χ4n) is 3.35. The monoisotopic (exact) mass is 372 g/mol. The molecule has 1 aromatic heterocycles. The molecule has 3 aromatic rings. The predicted molar refractivity (Wildman–Crippen MR) is 96.5 cm³/mol. The van der Waals surface area contributed by atoms with Gasteiger partial charge in [0, 0.05) is 47.6 Å². The quantitative estimate of drug-likeness (QED) is 0.692. The minimum atomic E-state index is -0.597. The first-order chi connectivity index (χ1) is 13.1. The number of hydrogen-bond donors (Lipinski definition) is 1. The highest BCUT2D eigenvalue weighted by Gasteiger charge is 2.30. The van der Waals surface area contributed by atoms with E-state index in [0.29, 0.717) is 17.7 Å². The van der Waals surface area contributed by atoms with Gasteiger partial charge in [-0.05, 0) is 42.5 Å². The van der Waals surface area contributed by atoms with Gasteiger partial charge in [-0.1, -0.05) is 6.07 Å². The van der Waals surface area contributed by atoms with E-state index in [4.69, 9.17) is 4.74 Å². The van der Waals surface area contributed by atoms with E-state index in [-0.39, 0.29) is 24.6 Å². The second-order valence-corrected chi connectivity index (χ2v) is 6.84. The van der Waals surface area contributed by atoms with Gasteiger partial charge in [-0.2, -0.15) is 0 Å². The molecule has 0 saturated heterocycles. The van der Waals surface area contributed by atoms with Crippen molar-refractivity contribution in [3.05, 3.63) is 77.4 Å². The minimum Gasteiger partial charge on any atom is -0.373 e. The molecule has 0 atom stereocenters. The zero-order valence-corrected chi connectivity index (χ0v) is 14.6. The number of hydrogen-bond acceptors (Lipinski definition) is 3. The molecule has 0 bridgehead atoms. The summed E-state index contributed by atoms with van der Waals surface area (Å²) in [4.78, 5) is 4.07. The van der Waals surface area contributed by atoms with Crippen LogP contribution in [-0.2, 0) is 17.9 Å². The Labute approximate surface area is 155 Å². The van der Waals surface area contributed by atoms with Crippen LogP contribution in [0.15, 0.2) is 48.8 Å². The Kier molecular flexibility index (Phi) is 5.09. The summed E-state index contributed by atoms with van der Waals surface area (Å²) in [5.74, 6) is -1.43. The van der Waals surface area contributed by atoms with E-state index in [1.165, 1.54) is 18.2 Å². The molecular weight excluding hydrogens is 353 g/mol. The lowest BCUT2D eigenvalue weighted by Gasteiger charge is -2.36. The Morgan fingerprint density at radius 3 is 2.70 bits per heavy atom. The molecule has 1 saturated carbocycles. The number of nitrogens with one attached hydrogen (secondary N) is 1. The number of benzene rings is 2. The maximum atomic E-state index is 14.2. The van der Waals surface area contributed by atoms with Crippen LogP contribution in [0.1, 0.15) is 24.0 Å².